The van der Waals surface area contributed by atoms with Crippen LogP contribution in [0.5, 0.6) is 0 Å². The van der Waals surface area contributed by atoms with Crippen molar-refractivity contribution in [3.63, 3.8) is 0 Å². The molecule has 0 saturated carbocycles. The van der Waals surface area contributed by atoms with Crippen molar-refractivity contribution >= 4 is 0 Å². The van der Waals surface area contributed by atoms with Crippen molar-refractivity contribution in [2.24, 2.45) is 0 Å². The van der Waals surface area contributed by atoms with Crippen molar-refractivity contribution < 1.29 is 5.11 Å². The first-order valence-corrected chi connectivity index (χ1v) is 5.35. The zero-order valence-electron chi connectivity index (χ0n) is 9.05. The first-order valence-electron chi connectivity index (χ1n) is 5.35. The third kappa shape index (κ3) is 5.87. The second-order valence-electron chi connectivity index (χ2n) is 3.73. The van der Waals surface area contributed by atoms with Crippen LogP contribution in [-0.2, 0) is 0 Å². The molecule has 1 radical (unpaired) electrons. The lowest BCUT2D eigenvalue weighted by Crippen LogP contribution is -2.27. The minimum atomic E-state index is -0.428. The lowest BCUT2D eigenvalue weighted by atomic mass is 9.88. The molecule has 1 N–H and O–H groups in total. The van der Waals surface area contributed by atoms with Gasteiger partial charge in [-0.2, -0.15) is 0 Å². The number of hydrogen-bond donors (Lipinski definition) is 1. The molecule has 1 nitrogen and oxygen atoms in total. The molecule has 0 atom stereocenters. The van der Waals surface area contributed by atoms with Crippen LogP contribution in [0.2, 0.25) is 0 Å². The number of hydrogen-bond acceptors (Lipinski definition) is 1. The van der Waals surface area contributed by atoms with Gasteiger partial charge in [0.15, 0.2) is 0 Å². The summed E-state index contributed by atoms with van der Waals surface area (Å²) in [6, 6.07) is 0. The van der Waals surface area contributed by atoms with Crippen LogP contribution in [-0.4, -0.2) is 10.7 Å². The maximum Gasteiger partial charge on any atom is 0.0650 e. The average Bonchev–Trinajstić information content (AvgIpc) is 2.05. The molecule has 1 heteroatoms. The normalized spacial score (nSPS) is 12.6. The highest BCUT2D eigenvalue weighted by atomic mass is 16.3. The Labute approximate surface area is 82.9 Å². The van der Waals surface area contributed by atoms with E-state index >= 15 is 0 Å². The van der Waals surface area contributed by atoms with Crippen LogP contribution >= 0.6 is 0 Å². The van der Waals surface area contributed by atoms with Crippen molar-refractivity contribution in [3.05, 3.63) is 19.1 Å². The average molecular weight is 183 g/mol. The highest BCUT2D eigenvalue weighted by Crippen LogP contribution is 2.25. The molecule has 0 aromatic heterocycles. The molecule has 0 spiro atoms. The Morgan fingerprint density at radius 3 is 2.08 bits per heavy atom. The third-order valence-corrected chi connectivity index (χ3v) is 2.37. The molecule has 0 heterocycles. The maximum absolute atomic E-state index is 10.2. The molecule has 0 aromatic carbocycles. The Kier molecular flexibility index (Phi) is 6.97. The molecule has 13 heavy (non-hydrogen) atoms. The molecule has 0 unspecified atom stereocenters. The Morgan fingerprint density at radius 2 is 1.69 bits per heavy atom. The summed E-state index contributed by atoms with van der Waals surface area (Å²) in [5, 5.41) is 10.2. The van der Waals surface area contributed by atoms with Gasteiger partial charge in [-0.3, -0.25) is 0 Å². The van der Waals surface area contributed by atoms with E-state index in [-0.39, 0.29) is 0 Å². The molecule has 0 aliphatic heterocycles. The van der Waals surface area contributed by atoms with Gasteiger partial charge in [-0.15, -0.1) is 0 Å². The molecule has 77 valence electrons. The first kappa shape index (κ1) is 12.7. The van der Waals surface area contributed by atoms with E-state index in [0.717, 1.165) is 38.5 Å². The molecule has 0 bridgehead atoms. The summed E-state index contributed by atoms with van der Waals surface area (Å²) in [7, 11) is 0. The lowest BCUT2D eigenvalue weighted by molar-refractivity contribution is 0.0138. The topological polar surface area (TPSA) is 20.2 Å². The summed E-state index contributed by atoms with van der Waals surface area (Å²) in [6.07, 6.45) is 9.61. The van der Waals surface area contributed by atoms with E-state index in [1.54, 1.807) is 6.08 Å². The van der Waals surface area contributed by atoms with E-state index < -0.39 is 5.60 Å². The summed E-state index contributed by atoms with van der Waals surface area (Å²) in [6.45, 7) is 7.88. The van der Waals surface area contributed by atoms with Gasteiger partial charge in [0.25, 0.3) is 0 Å². The van der Waals surface area contributed by atoms with Gasteiger partial charge >= 0.3 is 0 Å². The molecule has 0 aliphatic carbocycles. The predicted molar refractivity (Wildman–Crippen MR) is 58.5 cm³/mol. The van der Waals surface area contributed by atoms with Gasteiger partial charge in [-0.1, -0.05) is 38.8 Å². The zero-order chi connectivity index (χ0) is 10.2. The van der Waals surface area contributed by atoms with E-state index in [9.17, 15) is 5.11 Å². The van der Waals surface area contributed by atoms with E-state index in [4.69, 9.17) is 0 Å². The van der Waals surface area contributed by atoms with Gasteiger partial charge < -0.3 is 5.11 Å². The SMILES string of the molecule is [CH2]/C=C/CCC(O)(CCC)CCC. The van der Waals surface area contributed by atoms with Gasteiger partial charge in [-0.25, -0.2) is 0 Å². The van der Waals surface area contributed by atoms with Crippen LogP contribution in [0, 0.1) is 6.92 Å². The Bertz CT molecular complexity index is 132. The number of allylic oxidation sites excluding steroid dienone is 2. The quantitative estimate of drug-likeness (QED) is 0.640. The summed E-state index contributed by atoms with van der Waals surface area (Å²) in [4.78, 5) is 0. The smallest absolute Gasteiger partial charge is 0.0650 e. The number of rotatable bonds is 7. The first-order chi connectivity index (χ1) is 6.18. The molecule has 0 saturated heterocycles. The van der Waals surface area contributed by atoms with Crippen LogP contribution < -0.4 is 0 Å². The van der Waals surface area contributed by atoms with Gasteiger partial charge in [0.2, 0.25) is 0 Å². The largest absolute Gasteiger partial charge is 0.390 e. The summed E-state index contributed by atoms with van der Waals surface area (Å²) in [5.74, 6) is 0. The van der Waals surface area contributed by atoms with E-state index in [0.29, 0.717) is 0 Å². The Balaban J connectivity index is 3.90. The second-order valence-corrected chi connectivity index (χ2v) is 3.73. The molecular formula is C12H23O. The fraction of sp³-hybridized carbons (Fsp3) is 0.750. The van der Waals surface area contributed by atoms with Crippen molar-refractivity contribution in [2.75, 3.05) is 0 Å². The molecule has 0 aliphatic rings. The van der Waals surface area contributed by atoms with Crippen molar-refractivity contribution in [1.82, 2.24) is 0 Å². The second kappa shape index (κ2) is 7.14. The van der Waals surface area contributed by atoms with E-state index in [2.05, 4.69) is 20.8 Å². The molecule has 0 amide bonds. The minimum Gasteiger partial charge on any atom is -0.390 e. The fourth-order valence-electron chi connectivity index (χ4n) is 1.78. The van der Waals surface area contributed by atoms with Gasteiger partial charge in [0, 0.05) is 0 Å². The Hall–Kier alpha value is -0.300. The van der Waals surface area contributed by atoms with E-state index in [1.807, 2.05) is 6.08 Å². The van der Waals surface area contributed by atoms with E-state index in [1.165, 1.54) is 0 Å². The lowest BCUT2D eigenvalue weighted by Gasteiger charge is -2.26. The monoisotopic (exact) mass is 183 g/mol. The van der Waals surface area contributed by atoms with Crippen LogP contribution in [0.3, 0.4) is 0 Å². The Morgan fingerprint density at radius 1 is 1.15 bits per heavy atom. The summed E-state index contributed by atoms with van der Waals surface area (Å²) in [5.41, 5.74) is -0.428. The van der Waals surface area contributed by atoms with Crippen LogP contribution in [0.4, 0.5) is 0 Å². The molecule has 0 fully saturated rings. The molecular weight excluding hydrogens is 160 g/mol. The van der Waals surface area contributed by atoms with Crippen molar-refractivity contribution in [3.8, 4) is 0 Å². The summed E-state index contributed by atoms with van der Waals surface area (Å²) >= 11 is 0. The third-order valence-electron chi connectivity index (χ3n) is 2.37. The number of aliphatic hydroxyl groups is 1. The molecule has 0 aromatic rings. The predicted octanol–water partition coefficient (Wildman–Crippen LogP) is 3.49. The van der Waals surface area contributed by atoms with Gasteiger partial charge in [0.05, 0.1) is 5.60 Å². The van der Waals surface area contributed by atoms with Crippen molar-refractivity contribution in [2.45, 2.75) is 58.0 Å². The minimum absolute atomic E-state index is 0.428. The molecule has 0 rings (SSSR count). The highest BCUT2D eigenvalue weighted by molar-refractivity contribution is 4.87. The van der Waals surface area contributed by atoms with Crippen LogP contribution in [0.25, 0.3) is 0 Å². The highest BCUT2D eigenvalue weighted by Gasteiger charge is 2.23. The fourth-order valence-corrected chi connectivity index (χ4v) is 1.78. The zero-order valence-corrected chi connectivity index (χ0v) is 9.05. The van der Waals surface area contributed by atoms with Crippen LogP contribution in [0.1, 0.15) is 52.4 Å². The standard InChI is InChI=1S/C12H23O/c1-4-7-8-11-12(13,9-5-2)10-6-3/h4,7,13H,1,5-6,8-11H2,2-3H3/b7-4+. The van der Waals surface area contributed by atoms with Crippen LogP contribution in [0.15, 0.2) is 12.2 Å². The summed E-state index contributed by atoms with van der Waals surface area (Å²) < 4.78 is 0. The van der Waals surface area contributed by atoms with Gasteiger partial charge in [0.1, 0.15) is 0 Å². The maximum atomic E-state index is 10.2. The van der Waals surface area contributed by atoms with Gasteiger partial charge in [-0.05, 0) is 32.6 Å². The van der Waals surface area contributed by atoms with Crippen molar-refractivity contribution in [1.29, 1.82) is 0 Å².